The van der Waals surface area contributed by atoms with Crippen LogP contribution in [0.1, 0.15) is 17.7 Å². The first kappa shape index (κ1) is 9.29. The first-order valence-electron chi connectivity index (χ1n) is 4.28. The van der Waals surface area contributed by atoms with E-state index in [1.807, 2.05) is 13.0 Å². The molecule has 3 N–H and O–H groups in total. The summed E-state index contributed by atoms with van der Waals surface area (Å²) in [6.07, 6.45) is 2.74. The molecule has 0 unspecified atom stereocenters. The highest BCUT2D eigenvalue weighted by Crippen LogP contribution is 2.07. The second-order valence-electron chi connectivity index (χ2n) is 2.82. The fourth-order valence-electron chi connectivity index (χ4n) is 1.04. The van der Waals surface area contributed by atoms with Crippen molar-refractivity contribution in [2.24, 2.45) is 5.73 Å². The highest BCUT2D eigenvalue weighted by atomic mass is 16.3. The zero-order valence-corrected chi connectivity index (χ0v) is 7.47. The molecule has 1 rings (SSSR count). The molecule has 0 radical (unpaired) electrons. The Bertz CT molecular complexity index is 220. The summed E-state index contributed by atoms with van der Waals surface area (Å²) in [5, 5.41) is 3.29. The van der Waals surface area contributed by atoms with Gasteiger partial charge in [-0.1, -0.05) is 0 Å². The van der Waals surface area contributed by atoms with E-state index in [2.05, 4.69) is 5.32 Å². The van der Waals surface area contributed by atoms with Crippen molar-refractivity contribution in [2.45, 2.75) is 19.9 Å². The van der Waals surface area contributed by atoms with E-state index in [-0.39, 0.29) is 0 Å². The van der Waals surface area contributed by atoms with E-state index < -0.39 is 0 Å². The molecular weight excluding hydrogens is 152 g/mol. The highest BCUT2D eigenvalue weighted by molar-refractivity contribution is 5.14. The number of hydrogen-bond acceptors (Lipinski definition) is 3. The lowest BCUT2D eigenvalue weighted by molar-refractivity contribution is 0.526. The fraction of sp³-hybridized carbons (Fsp3) is 0.556. The third-order valence-corrected chi connectivity index (χ3v) is 1.84. The Morgan fingerprint density at radius 1 is 1.58 bits per heavy atom. The minimum absolute atomic E-state index is 0.747. The van der Waals surface area contributed by atoms with E-state index in [1.165, 1.54) is 5.56 Å². The first-order valence-corrected chi connectivity index (χ1v) is 4.28. The van der Waals surface area contributed by atoms with Gasteiger partial charge in [0.15, 0.2) is 0 Å². The molecule has 0 aliphatic heterocycles. The summed E-state index contributed by atoms with van der Waals surface area (Å²) >= 11 is 0. The molecule has 0 saturated carbocycles. The topological polar surface area (TPSA) is 51.2 Å². The maximum atomic E-state index is 5.36. The van der Waals surface area contributed by atoms with Gasteiger partial charge in [0.05, 0.1) is 6.26 Å². The van der Waals surface area contributed by atoms with Crippen LogP contribution >= 0.6 is 0 Å². The number of nitrogens with one attached hydrogen (secondary N) is 1. The molecule has 0 fully saturated rings. The average Bonchev–Trinajstić information content (AvgIpc) is 2.46. The maximum absolute atomic E-state index is 5.36. The Kier molecular flexibility index (Phi) is 3.84. The lowest BCUT2D eigenvalue weighted by Gasteiger charge is -2.01. The zero-order valence-electron chi connectivity index (χ0n) is 7.47. The van der Waals surface area contributed by atoms with E-state index in [4.69, 9.17) is 10.2 Å². The molecule has 0 spiro atoms. The molecule has 0 saturated heterocycles. The molecule has 12 heavy (non-hydrogen) atoms. The predicted molar refractivity (Wildman–Crippen MR) is 48.8 cm³/mol. The first-order chi connectivity index (χ1) is 5.84. The second-order valence-corrected chi connectivity index (χ2v) is 2.82. The average molecular weight is 168 g/mol. The third kappa shape index (κ3) is 2.68. The molecule has 0 amide bonds. The van der Waals surface area contributed by atoms with Gasteiger partial charge < -0.3 is 15.5 Å². The summed E-state index contributed by atoms with van der Waals surface area (Å²) < 4.78 is 5.16. The molecule has 0 aromatic carbocycles. The van der Waals surface area contributed by atoms with Crippen molar-refractivity contribution in [3.8, 4) is 0 Å². The van der Waals surface area contributed by atoms with Gasteiger partial charge in [-0.15, -0.1) is 0 Å². The minimum atomic E-state index is 0.747. The summed E-state index contributed by atoms with van der Waals surface area (Å²) in [6.45, 7) is 4.57. The van der Waals surface area contributed by atoms with E-state index in [0.717, 1.165) is 31.8 Å². The van der Waals surface area contributed by atoms with E-state index in [1.54, 1.807) is 6.26 Å². The summed E-state index contributed by atoms with van der Waals surface area (Å²) in [5.41, 5.74) is 6.59. The van der Waals surface area contributed by atoms with Crippen LogP contribution in [0.2, 0.25) is 0 Å². The van der Waals surface area contributed by atoms with Crippen molar-refractivity contribution in [2.75, 3.05) is 13.1 Å². The SMILES string of the molecule is Cc1occc1CNCCCN. The van der Waals surface area contributed by atoms with Crippen LogP contribution in [0.3, 0.4) is 0 Å². The van der Waals surface area contributed by atoms with Crippen molar-refractivity contribution in [1.29, 1.82) is 0 Å². The van der Waals surface area contributed by atoms with Crippen LogP contribution in [-0.2, 0) is 6.54 Å². The number of hydrogen-bond donors (Lipinski definition) is 2. The summed E-state index contributed by atoms with van der Waals surface area (Å²) in [7, 11) is 0. The molecule has 68 valence electrons. The van der Waals surface area contributed by atoms with Crippen LogP contribution in [0.5, 0.6) is 0 Å². The molecule has 1 aromatic heterocycles. The number of nitrogens with two attached hydrogens (primary N) is 1. The molecule has 3 nitrogen and oxygen atoms in total. The summed E-state index contributed by atoms with van der Waals surface area (Å²) in [4.78, 5) is 0. The monoisotopic (exact) mass is 168 g/mol. The van der Waals surface area contributed by atoms with Gasteiger partial charge in [0.1, 0.15) is 5.76 Å². The Morgan fingerprint density at radius 3 is 3.00 bits per heavy atom. The van der Waals surface area contributed by atoms with Gasteiger partial charge in [0.2, 0.25) is 0 Å². The molecule has 0 aliphatic carbocycles. The van der Waals surface area contributed by atoms with Gasteiger partial charge in [-0.3, -0.25) is 0 Å². The van der Waals surface area contributed by atoms with E-state index in [9.17, 15) is 0 Å². The molecule has 0 aliphatic rings. The van der Waals surface area contributed by atoms with Crippen LogP contribution in [0.15, 0.2) is 16.7 Å². The lowest BCUT2D eigenvalue weighted by Crippen LogP contribution is -2.17. The molecule has 3 heteroatoms. The number of aryl methyl sites for hydroxylation is 1. The Hall–Kier alpha value is -0.800. The van der Waals surface area contributed by atoms with Gasteiger partial charge >= 0.3 is 0 Å². The summed E-state index contributed by atoms with van der Waals surface area (Å²) in [5.74, 6) is 0.996. The van der Waals surface area contributed by atoms with Crippen molar-refractivity contribution in [3.63, 3.8) is 0 Å². The molecule has 1 heterocycles. The van der Waals surface area contributed by atoms with Gasteiger partial charge in [-0.05, 0) is 32.5 Å². The maximum Gasteiger partial charge on any atom is 0.105 e. The van der Waals surface area contributed by atoms with Gasteiger partial charge in [0, 0.05) is 12.1 Å². The Labute approximate surface area is 72.9 Å². The van der Waals surface area contributed by atoms with Gasteiger partial charge in [0.25, 0.3) is 0 Å². The van der Waals surface area contributed by atoms with Crippen LogP contribution in [-0.4, -0.2) is 13.1 Å². The van der Waals surface area contributed by atoms with Crippen LogP contribution in [0.25, 0.3) is 0 Å². The molecule has 1 aromatic rings. The largest absolute Gasteiger partial charge is 0.469 e. The molecular formula is C9H16N2O. The smallest absolute Gasteiger partial charge is 0.105 e. The zero-order chi connectivity index (χ0) is 8.81. The Balaban J connectivity index is 2.20. The Morgan fingerprint density at radius 2 is 2.42 bits per heavy atom. The highest BCUT2D eigenvalue weighted by Gasteiger charge is 1.98. The third-order valence-electron chi connectivity index (χ3n) is 1.84. The standard InChI is InChI=1S/C9H16N2O/c1-8-9(3-6-12-8)7-11-5-2-4-10/h3,6,11H,2,4-5,7,10H2,1H3. The second kappa shape index (κ2) is 4.95. The quantitative estimate of drug-likeness (QED) is 0.645. The normalized spacial score (nSPS) is 10.5. The lowest BCUT2D eigenvalue weighted by atomic mass is 10.2. The molecule has 0 bridgehead atoms. The molecule has 0 atom stereocenters. The van der Waals surface area contributed by atoms with Crippen molar-refractivity contribution in [3.05, 3.63) is 23.7 Å². The number of rotatable bonds is 5. The van der Waals surface area contributed by atoms with Crippen LogP contribution in [0.4, 0.5) is 0 Å². The van der Waals surface area contributed by atoms with Gasteiger partial charge in [-0.25, -0.2) is 0 Å². The predicted octanol–water partition coefficient (Wildman–Crippen LogP) is 1.03. The van der Waals surface area contributed by atoms with E-state index >= 15 is 0 Å². The van der Waals surface area contributed by atoms with Crippen molar-refractivity contribution >= 4 is 0 Å². The summed E-state index contributed by atoms with van der Waals surface area (Å²) in [6, 6.07) is 1.99. The fourth-order valence-corrected chi connectivity index (χ4v) is 1.04. The van der Waals surface area contributed by atoms with Gasteiger partial charge in [-0.2, -0.15) is 0 Å². The van der Waals surface area contributed by atoms with Crippen molar-refractivity contribution in [1.82, 2.24) is 5.32 Å². The van der Waals surface area contributed by atoms with Crippen molar-refractivity contribution < 1.29 is 4.42 Å². The van der Waals surface area contributed by atoms with E-state index in [0.29, 0.717) is 0 Å². The minimum Gasteiger partial charge on any atom is -0.469 e. The van der Waals surface area contributed by atoms with Crippen LogP contribution in [0, 0.1) is 6.92 Å². The van der Waals surface area contributed by atoms with Crippen LogP contribution < -0.4 is 11.1 Å². The number of furan rings is 1.